The Kier molecular flexibility index (Phi) is 6.07. The van der Waals surface area contributed by atoms with Gasteiger partial charge in [-0.2, -0.15) is 0 Å². The van der Waals surface area contributed by atoms with Crippen LogP contribution in [0.2, 0.25) is 0 Å². The molecule has 0 heterocycles. The minimum absolute atomic E-state index is 0.0316. The molecule has 2 rings (SSSR count). The SMILES string of the molecule is COc1cc(CNC(=O)COc2ccccc2C)c(OC)cc1C. The van der Waals surface area contributed by atoms with Gasteiger partial charge in [-0.05, 0) is 43.2 Å². The Bertz CT molecular complexity index is 713. The summed E-state index contributed by atoms with van der Waals surface area (Å²) >= 11 is 0. The van der Waals surface area contributed by atoms with Gasteiger partial charge in [-0.3, -0.25) is 4.79 Å². The highest BCUT2D eigenvalue weighted by molar-refractivity contribution is 5.77. The summed E-state index contributed by atoms with van der Waals surface area (Å²) in [6, 6.07) is 11.4. The van der Waals surface area contributed by atoms with Crippen molar-refractivity contribution in [1.82, 2.24) is 5.32 Å². The predicted octanol–water partition coefficient (Wildman–Crippen LogP) is 3.02. The van der Waals surface area contributed by atoms with E-state index < -0.39 is 0 Å². The molecule has 2 aromatic carbocycles. The molecule has 1 N–H and O–H groups in total. The number of ether oxygens (including phenoxy) is 3. The minimum Gasteiger partial charge on any atom is -0.496 e. The highest BCUT2D eigenvalue weighted by atomic mass is 16.5. The summed E-state index contributed by atoms with van der Waals surface area (Å²) in [7, 11) is 3.22. The van der Waals surface area contributed by atoms with Crippen molar-refractivity contribution in [3.63, 3.8) is 0 Å². The van der Waals surface area contributed by atoms with Crippen LogP contribution < -0.4 is 19.5 Å². The molecule has 1 amide bonds. The van der Waals surface area contributed by atoms with E-state index in [2.05, 4.69) is 5.32 Å². The van der Waals surface area contributed by atoms with Crippen molar-refractivity contribution in [2.45, 2.75) is 20.4 Å². The van der Waals surface area contributed by atoms with Gasteiger partial charge in [-0.25, -0.2) is 0 Å². The van der Waals surface area contributed by atoms with E-state index in [4.69, 9.17) is 14.2 Å². The summed E-state index contributed by atoms with van der Waals surface area (Å²) in [6.07, 6.45) is 0. The van der Waals surface area contributed by atoms with Crippen LogP contribution in [0.15, 0.2) is 36.4 Å². The van der Waals surface area contributed by atoms with Gasteiger partial charge in [0.2, 0.25) is 0 Å². The molecule has 0 aliphatic heterocycles. The Hall–Kier alpha value is -2.69. The second-order valence-corrected chi connectivity index (χ2v) is 5.46. The molecule has 2 aromatic rings. The van der Waals surface area contributed by atoms with Crippen LogP contribution in [0.25, 0.3) is 0 Å². The van der Waals surface area contributed by atoms with Crippen molar-refractivity contribution >= 4 is 5.91 Å². The number of para-hydroxylation sites is 1. The molecule has 0 aliphatic carbocycles. The molecule has 0 fully saturated rings. The number of hydrogen-bond donors (Lipinski definition) is 1. The average molecular weight is 329 g/mol. The molecular formula is C19H23NO4. The molecule has 0 saturated carbocycles. The number of methoxy groups -OCH3 is 2. The zero-order valence-corrected chi connectivity index (χ0v) is 14.5. The van der Waals surface area contributed by atoms with Crippen molar-refractivity contribution < 1.29 is 19.0 Å². The third-order valence-electron chi connectivity index (χ3n) is 3.73. The maximum Gasteiger partial charge on any atom is 0.258 e. The largest absolute Gasteiger partial charge is 0.496 e. The van der Waals surface area contributed by atoms with E-state index in [1.54, 1.807) is 14.2 Å². The Morgan fingerprint density at radius 2 is 1.67 bits per heavy atom. The van der Waals surface area contributed by atoms with Crippen molar-refractivity contribution in [2.75, 3.05) is 20.8 Å². The maximum atomic E-state index is 12.0. The van der Waals surface area contributed by atoms with Crippen molar-refractivity contribution in [2.24, 2.45) is 0 Å². The van der Waals surface area contributed by atoms with Gasteiger partial charge in [-0.15, -0.1) is 0 Å². The van der Waals surface area contributed by atoms with E-state index in [0.29, 0.717) is 18.0 Å². The Balaban J connectivity index is 1.95. The van der Waals surface area contributed by atoms with Gasteiger partial charge in [0.15, 0.2) is 6.61 Å². The fourth-order valence-electron chi connectivity index (χ4n) is 2.36. The number of hydrogen-bond acceptors (Lipinski definition) is 4. The molecule has 0 saturated heterocycles. The first-order valence-electron chi connectivity index (χ1n) is 7.71. The van der Waals surface area contributed by atoms with Crippen LogP contribution in [0.1, 0.15) is 16.7 Å². The van der Waals surface area contributed by atoms with Gasteiger partial charge in [0.1, 0.15) is 17.2 Å². The molecule has 128 valence electrons. The second-order valence-electron chi connectivity index (χ2n) is 5.46. The van der Waals surface area contributed by atoms with E-state index in [9.17, 15) is 4.79 Å². The highest BCUT2D eigenvalue weighted by Crippen LogP contribution is 2.28. The van der Waals surface area contributed by atoms with Crippen LogP contribution in [-0.4, -0.2) is 26.7 Å². The molecule has 0 aliphatic rings. The fraction of sp³-hybridized carbons (Fsp3) is 0.316. The molecule has 5 heteroatoms. The smallest absolute Gasteiger partial charge is 0.258 e. The summed E-state index contributed by atoms with van der Waals surface area (Å²) in [6.45, 7) is 4.20. The van der Waals surface area contributed by atoms with Crippen LogP contribution in [0, 0.1) is 13.8 Å². The van der Waals surface area contributed by atoms with Gasteiger partial charge in [-0.1, -0.05) is 18.2 Å². The molecule has 0 bridgehead atoms. The monoisotopic (exact) mass is 329 g/mol. The lowest BCUT2D eigenvalue weighted by molar-refractivity contribution is -0.123. The molecule has 0 spiro atoms. The summed E-state index contributed by atoms with van der Waals surface area (Å²) in [4.78, 5) is 12.0. The summed E-state index contributed by atoms with van der Waals surface area (Å²) in [5.74, 6) is 1.99. The minimum atomic E-state index is -0.195. The van der Waals surface area contributed by atoms with Crippen molar-refractivity contribution in [1.29, 1.82) is 0 Å². The fourth-order valence-corrected chi connectivity index (χ4v) is 2.36. The zero-order valence-electron chi connectivity index (χ0n) is 14.5. The van der Waals surface area contributed by atoms with Crippen molar-refractivity contribution in [3.05, 3.63) is 53.1 Å². The molecule has 0 aromatic heterocycles. The van der Waals surface area contributed by atoms with E-state index >= 15 is 0 Å². The van der Waals surface area contributed by atoms with Crippen LogP contribution in [0.4, 0.5) is 0 Å². The zero-order chi connectivity index (χ0) is 17.5. The van der Waals surface area contributed by atoms with Crippen molar-refractivity contribution in [3.8, 4) is 17.2 Å². The van der Waals surface area contributed by atoms with Crippen LogP contribution >= 0.6 is 0 Å². The molecule has 5 nitrogen and oxygen atoms in total. The first-order chi connectivity index (χ1) is 11.5. The molecule has 0 radical (unpaired) electrons. The quantitative estimate of drug-likeness (QED) is 0.848. The van der Waals surface area contributed by atoms with E-state index in [1.165, 1.54) is 0 Å². The van der Waals surface area contributed by atoms with E-state index in [0.717, 1.165) is 22.4 Å². The summed E-state index contributed by atoms with van der Waals surface area (Å²) in [5, 5.41) is 2.83. The molecule has 24 heavy (non-hydrogen) atoms. The molecular weight excluding hydrogens is 306 g/mol. The van der Waals surface area contributed by atoms with Gasteiger partial charge in [0.25, 0.3) is 5.91 Å². The number of nitrogens with one attached hydrogen (secondary N) is 1. The lowest BCUT2D eigenvalue weighted by atomic mass is 10.1. The number of rotatable bonds is 7. The summed E-state index contributed by atoms with van der Waals surface area (Å²) in [5.41, 5.74) is 2.83. The second kappa shape index (κ2) is 8.24. The standard InChI is InChI=1S/C19H23NO4/c1-13-7-5-6-8-16(13)24-12-19(21)20-11-15-10-17(22-3)14(2)9-18(15)23-4/h5-10H,11-12H2,1-4H3,(H,20,21). The molecule has 0 atom stereocenters. The Morgan fingerprint density at radius 1 is 0.958 bits per heavy atom. The first kappa shape index (κ1) is 17.7. The number of aryl methyl sites for hydroxylation is 2. The topological polar surface area (TPSA) is 56.8 Å². The normalized spacial score (nSPS) is 10.2. The van der Waals surface area contributed by atoms with Gasteiger partial charge >= 0.3 is 0 Å². The number of carbonyl (C=O) groups is 1. The van der Waals surface area contributed by atoms with Crippen LogP contribution in [-0.2, 0) is 11.3 Å². The molecule has 0 unspecified atom stereocenters. The Labute approximate surface area is 142 Å². The van der Waals surface area contributed by atoms with E-state index in [-0.39, 0.29) is 12.5 Å². The first-order valence-corrected chi connectivity index (χ1v) is 7.71. The highest BCUT2D eigenvalue weighted by Gasteiger charge is 2.10. The van der Waals surface area contributed by atoms with Gasteiger partial charge in [0, 0.05) is 12.1 Å². The third-order valence-corrected chi connectivity index (χ3v) is 3.73. The maximum absolute atomic E-state index is 12.0. The lowest BCUT2D eigenvalue weighted by Gasteiger charge is -2.14. The van der Waals surface area contributed by atoms with Crippen LogP contribution in [0.5, 0.6) is 17.2 Å². The Morgan fingerprint density at radius 3 is 2.33 bits per heavy atom. The number of carbonyl (C=O) groups excluding carboxylic acids is 1. The lowest BCUT2D eigenvalue weighted by Crippen LogP contribution is -2.28. The number of benzene rings is 2. The average Bonchev–Trinajstić information content (AvgIpc) is 2.59. The van der Waals surface area contributed by atoms with E-state index in [1.807, 2.05) is 50.2 Å². The van der Waals surface area contributed by atoms with Crippen LogP contribution in [0.3, 0.4) is 0 Å². The van der Waals surface area contributed by atoms with Gasteiger partial charge in [0.05, 0.1) is 14.2 Å². The number of amides is 1. The summed E-state index contributed by atoms with van der Waals surface area (Å²) < 4.78 is 16.2. The van der Waals surface area contributed by atoms with Gasteiger partial charge < -0.3 is 19.5 Å². The predicted molar refractivity (Wildman–Crippen MR) is 92.8 cm³/mol. The third kappa shape index (κ3) is 4.41.